The van der Waals surface area contributed by atoms with Crippen LogP contribution >= 0.6 is 24.0 Å². The second-order valence-corrected chi connectivity index (χ2v) is 7.70. The van der Waals surface area contributed by atoms with Crippen molar-refractivity contribution in [1.29, 1.82) is 0 Å². The topological polar surface area (TPSA) is 51.2 Å². The minimum absolute atomic E-state index is 0. The van der Waals surface area contributed by atoms with Crippen LogP contribution in [0.1, 0.15) is 51.2 Å². The molecule has 0 unspecified atom stereocenters. The van der Waals surface area contributed by atoms with Crippen LogP contribution in [-0.4, -0.2) is 72.9 Å². The fourth-order valence-corrected chi connectivity index (χ4v) is 3.81. The van der Waals surface area contributed by atoms with Crippen molar-refractivity contribution in [2.75, 3.05) is 46.3 Å². The number of aliphatic imine (C=N–C) groups is 1. The van der Waals surface area contributed by atoms with Crippen molar-refractivity contribution < 1.29 is 4.79 Å². The lowest BCUT2D eigenvalue weighted by atomic mass is 10.1. The lowest BCUT2D eigenvalue weighted by Crippen LogP contribution is -2.45. The van der Waals surface area contributed by atoms with Crippen molar-refractivity contribution in [3.63, 3.8) is 0 Å². The zero-order valence-electron chi connectivity index (χ0n) is 19.2. The molecule has 0 bridgehead atoms. The highest BCUT2D eigenvalue weighted by atomic mass is 127. The summed E-state index contributed by atoms with van der Waals surface area (Å²) < 4.78 is 0. The predicted molar refractivity (Wildman–Crippen MR) is 136 cm³/mol. The molecule has 1 saturated heterocycles. The van der Waals surface area contributed by atoms with Gasteiger partial charge in [-0.05, 0) is 57.8 Å². The third-order valence-electron chi connectivity index (χ3n) is 5.55. The smallest absolute Gasteiger partial charge is 0.242 e. The number of hydrogen-bond donors (Lipinski definition) is 1. The summed E-state index contributed by atoms with van der Waals surface area (Å²) in [4.78, 5) is 23.6. The second-order valence-electron chi connectivity index (χ2n) is 7.70. The van der Waals surface area contributed by atoms with Gasteiger partial charge in [-0.2, -0.15) is 0 Å². The van der Waals surface area contributed by atoms with Gasteiger partial charge in [-0.15, -0.1) is 24.0 Å². The quantitative estimate of drug-likeness (QED) is 0.302. The normalized spacial score (nSPS) is 14.7. The Balaban J connectivity index is 0.00000450. The average Bonchev–Trinajstić information content (AvgIpc) is 2.73. The number of nitrogens with one attached hydrogen (secondary N) is 1. The van der Waals surface area contributed by atoms with Crippen molar-refractivity contribution in [3.8, 4) is 0 Å². The number of likely N-dealkylation sites (tertiary alicyclic amines) is 1. The van der Waals surface area contributed by atoms with E-state index in [9.17, 15) is 4.79 Å². The molecule has 0 radical (unpaired) electrons. The highest BCUT2D eigenvalue weighted by Crippen LogP contribution is 2.17. The maximum absolute atomic E-state index is 12.5. The van der Waals surface area contributed by atoms with Gasteiger partial charge in [0.2, 0.25) is 5.91 Å². The third kappa shape index (κ3) is 8.41. The Labute approximate surface area is 200 Å². The summed E-state index contributed by atoms with van der Waals surface area (Å²) in [6, 6.07) is 8.60. The van der Waals surface area contributed by atoms with E-state index in [1.807, 2.05) is 30.7 Å². The van der Waals surface area contributed by atoms with E-state index >= 15 is 0 Å². The number of guanidine groups is 1. The van der Waals surface area contributed by atoms with Crippen molar-refractivity contribution in [2.24, 2.45) is 4.99 Å². The SMILES string of the molecule is CCNC(=NCc1ccccc1CN1CCCCC1)N(C)CC(=O)N(CC)CC.I. The van der Waals surface area contributed by atoms with Gasteiger partial charge in [0.1, 0.15) is 0 Å². The van der Waals surface area contributed by atoms with Gasteiger partial charge in [-0.3, -0.25) is 9.69 Å². The Bertz CT molecular complexity index is 657. The van der Waals surface area contributed by atoms with Crippen molar-refractivity contribution in [2.45, 2.75) is 53.1 Å². The number of likely N-dealkylation sites (N-methyl/N-ethyl adjacent to an activating group) is 2. The lowest BCUT2D eigenvalue weighted by Gasteiger charge is -2.27. The van der Waals surface area contributed by atoms with Crippen LogP contribution in [0.2, 0.25) is 0 Å². The number of piperidine rings is 1. The number of nitrogens with zero attached hydrogens (tertiary/aromatic N) is 4. The van der Waals surface area contributed by atoms with Crippen LogP contribution < -0.4 is 5.32 Å². The summed E-state index contributed by atoms with van der Waals surface area (Å²) in [6.45, 7) is 12.7. The van der Waals surface area contributed by atoms with E-state index in [-0.39, 0.29) is 29.9 Å². The van der Waals surface area contributed by atoms with Gasteiger partial charge in [-0.1, -0.05) is 30.7 Å². The maximum atomic E-state index is 12.5. The highest BCUT2D eigenvalue weighted by Gasteiger charge is 2.16. The molecule has 1 aliphatic heterocycles. The van der Waals surface area contributed by atoms with Crippen LogP contribution in [0.3, 0.4) is 0 Å². The van der Waals surface area contributed by atoms with E-state index in [0.29, 0.717) is 13.1 Å². The molecule has 6 nitrogen and oxygen atoms in total. The molecule has 0 aromatic heterocycles. The first-order valence-electron chi connectivity index (χ1n) is 11.1. The molecule has 1 aromatic carbocycles. The van der Waals surface area contributed by atoms with Crippen LogP contribution in [0.25, 0.3) is 0 Å². The molecular formula is C23H40IN5O. The summed E-state index contributed by atoms with van der Waals surface area (Å²) >= 11 is 0. The molecule has 1 aliphatic rings. The van der Waals surface area contributed by atoms with Crippen molar-refractivity contribution in [3.05, 3.63) is 35.4 Å². The Kier molecular flexibility index (Phi) is 13.0. The van der Waals surface area contributed by atoms with Gasteiger partial charge >= 0.3 is 0 Å². The van der Waals surface area contributed by atoms with E-state index < -0.39 is 0 Å². The number of benzene rings is 1. The molecule has 0 atom stereocenters. The first-order chi connectivity index (χ1) is 14.1. The maximum Gasteiger partial charge on any atom is 0.242 e. The Hall–Kier alpha value is -1.35. The second kappa shape index (κ2) is 14.6. The number of hydrogen-bond acceptors (Lipinski definition) is 3. The molecule has 1 aromatic rings. The standard InChI is InChI=1S/C23H39N5O.HI/c1-5-24-23(26(4)19-22(29)28(6-2)7-3)25-17-20-13-9-10-14-21(20)18-27-15-11-8-12-16-27;/h9-10,13-14H,5-8,11-12,15-19H2,1-4H3,(H,24,25);1H. The summed E-state index contributed by atoms with van der Waals surface area (Å²) in [5.41, 5.74) is 2.62. The van der Waals surface area contributed by atoms with E-state index in [1.165, 1.54) is 43.5 Å². The fourth-order valence-electron chi connectivity index (χ4n) is 3.81. The fraction of sp³-hybridized carbons (Fsp3) is 0.652. The van der Waals surface area contributed by atoms with E-state index in [4.69, 9.17) is 4.99 Å². The largest absolute Gasteiger partial charge is 0.357 e. The number of halogens is 1. The van der Waals surface area contributed by atoms with Crippen LogP contribution in [0, 0.1) is 0 Å². The molecule has 0 spiro atoms. The number of rotatable bonds is 9. The summed E-state index contributed by atoms with van der Waals surface area (Å²) in [6.07, 6.45) is 3.96. The molecule has 7 heteroatoms. The first kappa shape index (κ1) is 26.7. The molecule has 1 N–H and O–H groups in total. The zero-order chi connectivity index (χ0) is 21.1. The highest BCUT2D eigenvalue weighted by molar-refractivity contribution is 14.0. The Morgan fingerprint density at radius 3 is 2.30 bits per heavy atom. The molecule has 2 rings (SSSR count). The molecular weight excluding hydrogens is 489 g/mol. The molecule has 30 heavy (non-hydrogen) atoms. The van der Waals surface area contributed by atoms with Crippen LogP contribution in [0.15, 0.2) is 29.3 Å². The van der Waals surface area contributed by atoms with Crippen molar-refractivity contribution in [1.82, 2.24) is 20.0 Å². The Morgan fingerprint density at radius 2 is 1.70 bits per heavy atom. The zero-order valence-corrected chi connectivity index (χ0v) is 21.5. The molecule has 170 valence electrons. The number of amides is 1. The van der Waals surface area contributed by atoms with Crippen LogP contribution in [0.5, 0.6) is 0 Å². The third-order valence-corrected chi connectivity index (χ3v) is 5.55. The van der Waals surface area contributed by atoms with Gasteiger partial charge < -0.3 is 15.1 Å². The molecule has 0 aliphatic carbocycles. The number of carbonyl (C=O) groups excluding carboxylic acids is 1. The molecule has 1 fully saturated rings. The van der Waals surface area contributed by atoms with Gasteiger partial charge in [0.25, 0.3) is 0 Å². The van der Waals surface area contributed by atoms with E-state index in [0.717, 1.165) is 32.1 Å². The predicted octanol–water partition coefficient (Wildman–Crippen LogP) is 3.56. The number of carbonyl (C=O) groups is 1. The summed E-state index contributed by atoms with van der Waals surface area (Å²) in [5.74, 6) is 0.911. The van der Waals surface area contributed by atoms with Crippen LogP contribution in [-0.2, 0) is 17.9 Å². The summed E-state index contributed by atoms with van der Waals surface area (Å²) in [7, 11) is 1.93. The minimum atomic E-state index is 0. The lowest BCUT2D eigenvalue weighted by molar-refractivity contribution is -0.131. The minimum Gasteiger partial charge on any atom is -0.357 e. The summed E-state index contributed by atoms with van der Waals surface area (Å²) in [5, 5.41) is 3.33. The molecule has 1 amide bonds. The van der Waals surface area contributed by atoms with E-state index in [1.54, 1.807) is 0 Å². The van der Waals surface area contributed by atoms with Gasteiger partial charge in [-0.25, -0.2) is 4.99 Å². The van der Waals surface area contributed by atoms with Gasteiger partial charge in [0.05, 0.1) is 13.1 Å². The molecule has 1 heterocycles. The molecule has 0 saturated carbocycles. The van der Waals surface area contributed by atoms with Crippen LogP contribution in [0.4, 0.5) is 0 Å². The van der Waals surface area contributed by atoms with Gasteiger partial charge in [0, 0.05) is 33.2 Å². The van der Waals surface area contributed by atoms with E-state index in [2.05, 4.69) is 41.4 Å². The van der Waals surface area contributed by atoms with Gasteiger partial charge in [0.15, 0.2) is 5.96 Å². The monoisotopic (exact) mass is 529 g/mol. The van der Waals surface area contributed by atoms with Crippen molar-refractivity contribution >= 4 is 35.8 Å². The first-order valence-corrected chi connectivity index (χ1v) is 11.1. The Morgan fingerprint density at radius 1 is 1.07 bits per heavy atom. The average molecular weight is 530 g/mol.